The van der Waals surface area contributed by atoms with Gasteiger partial charge in [-0.05, 0) is 81.6 Å². The maximum atomic E-state index is 3.81. The van der Waals surface area contributed by atoms with Crippen molar-refractivity contribution in [2.24, 2.45) is 22.7 Å². The van der Waals surface area contributed by atoms with Gasteiger partial charge in [0, 0.05) is 6.04 Å². The van der Waals surface area contributed by atoms with Gasteiger partial charge in [0.1, 0.15) is 0 Å². The van der Waals surface area contributed by atoms with E-state index in [1.165, 1.54) is 44.1 Å². The maximum absolute atomic E-state index is 3.81. The standard InChI is InChI=1S/C18H31N/c1-5-19-16(6-13(2)3)18-10-14-7-15(11-18)9-17(4,8-14)12-18/h6,14-16,19H,5,7-12H2,1-4H3. The smallest absolute Gasteiger partial charge is 0.0309 e. The zero-order valence-electron chi connectivity index (χ0n) is 13.3. The van der Waals surface area contributed by atoms with E-state index in [4.69, 9.17) is 0 Å². The van der Waals surface area contributed by atoms with E-state index in [0.717, 1.165) is 18.4 Å². The summed E-state index contributed by atoms with van der Waals surface area (Å²) in [7, 11) is 0. The van der Waals surface area contributed by atoms with Gasteiger partial charge in [0.05, 0.1) is 0 Å². The van der Waals surface area contributed by atoms with Gasteiger partial charge in [-0.2, -0.15) is 0 Å². The Balaban J connectivity index is 1.91. The van der Waals surface area contributed by atoms with Crippen LogP contribution in [0.25, 0.3) is 0 Å². The van der Waals surface area contributed by atoms with Crippen LogP contribution in [0.3, 0.4) is 0 Å². The second-order valence-electron chi connectivity index (χ2n) is 8.41. The number of nitrogens with one attached hydrogen (secondary N) is 1. The molecule has 1 nitrogen and oxygen atoms in total. The van der Waals surface area contributed by atoms with Crippen molar-refractivity contribution in [2.75, 3.05) is 6.54 Å². The molecule has 4 aliphatic rings. The summed E-state index contributed by atoms with van der Waals surface area (Å²) in [6, 6.07) is 0.618. The molecule has 4 aliphatic carbocycles. The summed E-state index contributed by atoms with van der Waals surface area (Å²) in [5.41, 5.74) is 2.71. The zero-order chi connectivity index (χ0) is 13.7. The highest BCUT2D eigenvalue weighted by Gasteiger charge is 2.57. The molecular formula is C18H31N. The summed E-state index contributed by atoms with van der Waals surface area (Å²) < 4.78 is 0. The first kappa shape index (κ1) is 13.7. The Hall–Kier alpha value is -0.300. The molecule has 0 aromatic heterocycles. The second kappa shape index (κ2) is 4.62. The third-order valence-corrected chi connectivity index (χ3v) is 5.98. The van der Waals surface area contributed by atoms with E-state index in [2.05, 4.69) is 39.1 Å². The van der Waals surface area contributed by atoms with Crippen LogP contribution in [0, 0.1) is 22.7 Å². The van der Waals surface area contributed by atoms with Crippen molar-refractivity contribution in [1.82, 2.24) is 5.32 Å². The Bertz CT molecular complexity index is 363. The van der Waals surface area contributed by atoms with Crippen molar-refractivity contribution >= 4 is 0 Å². The van der Waals surface area contributed by atoms with Crippen LogP contribution in [0.4, 0.5) is 0 Å². The van der Waals surface area contributed by atoms with Gasteiger partial charge < -0.3 is 5.32 Å². The van der Waals surface area contributed by atoms with Crippen molar-refractivity contribution in [3.05, 3.63) is 11.6 Å². The third kappa shape index (κ3) is 2.39. The molecule has 0 aliphatic heterocycles. The van der Waals surface area contributed by atoms with Crippen LogP contribution in [0.2, 0.25) is 0 Å². The van der Waals surface area contributed by atoms with Crippen molar-refractivity contribution in [3.63, 3.8) is 0 Å². The Morgan fingerprint density at radius 3 is 2.32 bits per heavy atom. The second-order valence-corrected chi connectivity index (χ2v) is 8.41. The predicted octanol–water partition coefficient (Wildman–Crippen LogP) is 4.54. The highest BCUT2D eigenvalue weighted by Crippen LogP contribution is 2.66. The average molecular weight is 261 g/mol. The van der Waals surface area contributed by atoms with Gasteiger partial charge in [-0.15, -0.1) is 0 Å². The molecule has 0 amide bonds. The highest BCUT2D eigenvalue weighted by molar-refractivity contribution is 5.16. The van der Waals surface area contributed by atoms with Gasteiger partial charge in [-0.25, -0.2) is 0 Å². The number of rotatable bonds is 4. The molecule has 0 radical (unpaired) electrons. The first-order chi connectivity index (χ1) is 8.95. The van der Waals surface area contributed by atoms with Gasteiger partial charge in [0.25, 0.3) is 0 Å². The van der Waals surface area contributed by atoms with Crippen molar-refractivity contribution < 1.29 is 0 Å². The van der Waals surface area contributed by atoms with E-state index in [0.29, 0.717) is 16.9 Å². The molecule has 4 rings (SSSR count). The topological polar surface area (TPSA) is 12.0 Å². The highest BCUT2D eigenvalue weighted by atomic mass is 14.9. The maximum Gasteiger partial charge on any atom is 0.0309 e. The fraction of sp³-hybridized carbons (Fsp3) is 0.889. The Morgan fingerprint density at radius 1 is 1.21 bits per heavy atom. The SMILES string of the molecule is CCNC(C=C(C)C)C12CC3CC(CC(C)(C3)C1)C2. The lowest BCUT2D eigenvalue weighted by Crippen LogP contribution is -2.58. The molecule has 3 atom stereocenters. The van der Waals surface area contributed by atoms with E-state index in [1.54, 1.807) is 0 Å². The van der Waals surface area contributed by atoms with Crippen LogP contribution in [0.1, 0.15) is 66.2 Å². The molecule has 0 aromatic rings. The summed E-state index contributed by atoms with van der Waals surface area (Å²) in [6.45, 7) is 10.4. The van der Waals surface area contributed by atoms with E-state index >= 15 is 0 Å². The van der Waals surface area contributed by atoms with Gasteiger partial charge >= 0.3 is 0 Å². The first-order valence-electron chi connectivity index (χ1n) is 8.33. The van der Waals surface area contributed by atoms with Gasteiger partial charge in [-0.1, -0.05) is 25.5 Å². The molecular weight excluding hydrogens is 230 g/mol. The molecule has 19 heavy (non-hydrogen) atoms. The van der Waals surface area contributed by atoms with Crippen LogP contribution in [0.5, 0.6) is 0 Å². The molecule has 0 saturated heterocycles. The molecule has 0 heterocycles. The Labute approximate surface area is 119 Å². The van der Waals surface area contributed by atoms with Crippen LogP contribution in [-0.4, -0.2) is 12.6 Å². The lowest BCUT2D eigenvalue weighted by Gasteiger charge is -2.63. The summed E-state index contributed by atoms with van der Waals surface area (Å²) in [5.74, 6) is 2.05. The number of allylic oxidation sites excluding steroid dienone is 1. The van der Waals surface area contributed by atoms with Crippen molar-refractivity contribution in [2.45, 2.75) is 72.3 Å². The fourth-order valence-electron chi connectivity index (χ4n) is 6.17. The molecule has 4 bridgehead atoms. The summed E-state index contributed by atoms with van der Waals surface area (Å²) in [5, 5.41) is 3.81. The normalized spacial score (nSPS) is 45.3. The van der Waals surface area contributed by atoms with Crippen LogP contribution in [0.15, 0.2) is 11.6 Å². The first-order valence-corrected chi connectivity index (χ1v) is 8.33. The molecule has 0 aromatic carbocycles. The Kier molecular flexibility index (Phi) is 3.32. The van der Waals surface area contributed by atoms with Gasteiger partial charge in [0.2, 0.25) is 0 Å². The molecule has 1 N–H and O–H groups in total. The molecule has 108 valence electrons. The monoisotopic (exact) mass is 261 g/mol. The minimum absolute atomic E-state index is 0.576. The van der Waals surface area contributed by atoms with Crippen molar-refractivity contribution in [1.29, 1.82) is 0 Å². The fourth-order valence-corrected chi connectivity index (χ4v) is 6.17. The quantitative estimate of drug-likeness (QED) is 0.733. The number of hydrogen-bond acceptors (Lipinski definition) is 1. The van der Waals surface area contributed by atoms with Crippen LogP contribution < -0.4 is 5.32 Å². The molecule has 3 unspecified atom stereocenters. The minimum Gasteiger partial charge on any atom is -0.310 e. The number of hydrogen-bond donors (Lipinski definition) is 1. The van der Waals surface area contributed by atoms with E-state index in [-0.39, 0.29) is 0 Å². The van der Waals surface area contributed by atoms with E-state index in [1.807, 2.05) is 0 Å². The third-order valence-electron chi connectivity index (χ3n) is 5.98. The van der Waals surface area contributed by atoms with Crippen LogP contribution >= 0.6 is 0 Å². The van der Waals surface area contributed by atoms with Gasteiger partial charge in [-0.3, -0.25) is 0 Å². The molecule has 4 saturated carbocycles. The largest absolute Gasteiger partial charge is 0.310 e. The van der Waals surface area contributed by atoms with Crippen molar-refractivity contribution in [3.8, 4) is 0 Å². The minimum atomic E-state index is 0.576. The summed E-state index contributed by atoms with van der Waals surface area (Å²) in [4.78, 5) is 0. The van der Waals surface area contributed by atoms with Crippen LogP contribution in [-0.2, 0) is 0 Å². The molecule has 0 spiro atoms. The lowest BCUT2D eigenvalue weighted by molar-refractivity contribution is -0.111. The average Bonchev–Trinajstić information content (AvgIpc) is 2.24. The molecule has 4 fully saturated rings. The predicted molar refractivity (Wildman–Crippen MR) is 82.1 cm³/mol. The molecule has 1 heteroatoms. The lowest BCUT2D eigenvalue weighted by atomic mass is 9.43. The van der Waals surface area contributed by atoms with Gasteiger partial charge in [0.15, 0.2) is 0 Å². The van der Waals surface area contributed by atoms with E-state index in [9.17, 15) is 0 Å². The Morgan fingerprint density at radius 2 is 1.84 bits per heavy atom. The number of likely N-dealkylation sites (N-methyl/N-ethyl adjacent to an activating group) is 1. The summed E-state index contributed by atoms with van der Waals surface area (Å²) >= 11 is 0. The van der Waals surface area contributed by atoms with E-state index < -0.39 is 0 Å². The zero-order valence-corrected chi connectivity index (χ0v) is 13.3. The summed E-state index contributed by atoms with van der Waals surface area (Å²) in [6.07, 6.45) is 11.5.